The number of aliphatic carboxylic acids is 1. The molecule has 0 radical (unpaired) electrons. The number of carboxylic acids is 1. The van der Waals surface area contributed by atoms with Crippen LogP contribution in [0.5, 0.6) is 0 Å². The molecular weight excluding hydrogens is 280 g/mol. The fraction of sp³-hybridized carbons (Fsp3) is 0.333. The summed E-state index contributed by atoms with van der Waals surface area (Å²) >= 11 is 1.39. The lowest BCUT2D eigenvalue weighted by Crippen LogP contribution is -2.30. The van der Waals surface area contributed by atoms with Gasteiger partial charge in [-0.15, -0.1) is 16.9 Å². The van der Waals surface area contributed by atoms with Crippen molar-refractivity contribution in [2.75, 3.05) is 5.75 Å². The van der Waals surface area contributed by atoms with Gasteiger partial charge in [0.15, 0.2) is 0 Å². The average molecular weight is 294 g/mol. The highest BCUT2D eigenvalue weighted by atomic mass is 32.2. The van der Waals surface area contributed by atoms with Crippen LogP contribution in [0.4, 0.5) is 0 Å². The standard InChI is InChI=1S/C12H14N4O3S/c13-9(12(18)19)5-6-20-7-16-11(17)8-3-1-2-4-10(8)14-15-16/h1-4,9H,5-7,13H2,(H,18,19). The van der Waals surface area contributed by atoms with Crippen molar-refractivity contribution in [1.29, 1.82) is 0 Å². The fourth-order valence-corrected chi connectivity index (χ4v) is 2.48. The van der Waals surface area contributed by atoms with E-state index in [-0.39, 0.29) is 5.56 Å². The SMILES string of the molecule is NC(CCSCn1nnc2ccccc2c1=O)C(=O)O. The predicted molar refractivity (Wildman–Crippen MR) is 76.5 cm³/mol. The summed E-state index contributed by atoms with van der Waals surface area (Å²) in [5.74, 6) is -0.162. The van der Waals surface area contributed by atoms with E-state index in [1.165, 1.54) is 16.4 Å². The van der Waals surface area contributed by atoms with Gasteiger partial charge in [0.2, 0.25) is 0 Å². The van der Waals surface area contributed by atoms with Gasteiger partial charge in [-0.25, -0.2) is 4.68 Å². The van der Waals surface area contributed by atoms with Crippen LogP contribution in [0.2, 0.25) is 0 Å². The first-order chi connectivity index (χ1) is 9.59. The third-order valence-electron chi connectivity index (χ3n) is 2.73. The maximum absolute atomic E-state index is 12.1. The number of carbonyl (C=O) groups is 1. The number of aromatic nitrogens is 3. The van der Waals surface area contributed by atoms with Crippen LogP contribution in [-0.4, -0.2) is 37.9 Å². The van der Waals surface area contributed by atoms with Gasteiger partial charge in [0.25, 0.3) is 5.56 Å². The van der Waals surface area contributed by atoms with Crippen LogP contribution in [-0.2, 0) is 10.7 Å². The molecule has 0 saturated carbocycles. The molecule has 1 aromatic carbocycles. The molecule has 2 rings (SSSR count). The van der Waals surface area contributed by atoms with Crippen molar-refractivity contribution in [2.24, 2.45) is 5.73 Å². The van der Waals surface area contributed by atoms with E-state index in [9.17, 15) is 9.59 Å². The lowest BCUT2D eigenvalue weighted by atomic mass is 10.2. The van der Waals surface area contributed by atoms with Gasteiger partial charge in [0.1, 0.15) is 11.6 Å². The number of thioether (sulfide) groups is 1. The van der Waals surface area contributed by atoms with Crippen LogP contribution in [0.25, 0.3) is 10.9 Å². The number of carboxylic acid groups (broad SMARTS) is 1. The normalized spacial score (nSPS) is 12.4. The minimum absolute atomic E-state index is 0.203. The molecule has 0 saturated heterocycles. The Bertz CT molecular complexity index is 673. The Morgan fingerprint density at radius 3 is 2.95 bits per heavy atom. The lowest BCUT2D eigenvalue weighted by molar-refractivity contribution is -0.138. The van der Waals surface area contributed by atoms with Crippen LogP contribution < -0.4 is 11.3 Å². The Morgan fingerprint density at radius 2 is 2.20 bits per heavy atom. The molecular formula is C12H14N4O3S. The van der Waals surface area contributed by atoms with E-state index < -0.39 is 12.0 Å². The molecule has 3 N–H and O–H groups in total. The second kappa shape index (κ2) is 6.49. The van der Waals surface area contributed by atoms with Gasteiger partial charge in [0, 0.05) is 0 Å². The van der Waals surface area contributed by atoms with Crippen LogP contribution in [0.15, 0.2) is 29.1 Å². The molecule has 0 bridgehead atoms. The maximum Gasteiger partial charge on any atom is 0.320 e. The molecule has 1 aromatic heterocycles. The first-order valence-electron chi connectivity index (χ1n) is 5.98. The van der Waals surface area contributed by atoms with E-state index in [2.05, 4.69) is 10.3 Å². The van der Waals surface area contributed by atoms with E-state index >= 15 is 0 Å². The second-order valence-electron chi connectivity index (χ2n) is 4.18. The average Bonchev–Trinajstić information content (AvgIpc) is 2.45. The topological polar surface area (TPSA) is 111 Å². The molecule has 1 atom stereocenters. The molecule has 8 heteroatoms. The summed E-state index contributed by atoms with van der Waals surface area (Å²) in [6.07, 6.45) is 0.343. The smallest absolute Gasteiger partial charge is 0.320 e. The minimum atomic E-state index is -1.02. The van der Waals surface area contributed by atoms with E-state index in [1.54, 1.807) is 24.3 Å². The molecule has 0 aliphatic rings. The van der Waals surface area contributed by atoms with Gasteiger partial charge in [-0.3, -0.25) is 9.59 Å². The van der Waals surface area contributed by atoms with Gasteiger partial charge in [-0.05, 0) is 24.3 Å². The van der Waals surface area contributed by atoms with Crippen molar-refractivity contribution in [1.82, 2.24) is 15.0 Å². The monoisotopic (exact) mass is 294 g/mol. The van der Waals surface area contributed by atoms with Crippen molar-refractivity contribution in [3.05, 3.63) is 34.6 Å². The third kappa shape index (κ3) is 3.34. The van der Waals surface area contributed by atoms with E-state index in [0.717, 1.165) is 0 Å². The Labute approximate surface area is 118 Å². The lowest BCUT2D eigenvalue weighted by Gasteiger charge is -2.07. The predicted octanol–water partition coefficient (Wildman–Crippen LogP) is 0.284. The number of nitrogens with two attached hydrogens (primary N) is 1. The Hall–Kier alpha value is -1.93. The zero-order valence-corrected chi connectivity index (χ0v) is 11.4. The molecule has 0 aliphatic heterocycles. The molecule has 0 aliphatic carbocycles. The number of hydrogen-bond donors (Lipinski definition) is 2. The van der Waals surface area contributed by atoms with Crippen molar-refractivity contribution in [2.45, 2.75) is 18.3 Å². The van der Waals surface area contributed by atoms with E-state index in [1.807, 2.05) is 0 Å². The van der Waals surface area contributed by atoms with Crippen LogP contribution >= 0.6 is 11.8 Å². The van der Waals surface area contributed by atoms with Crippen molar-refractivity contribution in [3.8, 4) is 0 Å². The largest absolute Gasteiger partial charge is 0.480 e. The number of benzene rings is 1. The molecule has 106 valence electrons. The number of fused-ring (bicyclic) bond motifs is 1. The third-order valence-corrected chi connectivity index (χ3v) is 3.68. The Morgan fingerprint density at radius 1 is 1.45 bits per heavy atom. The van der Waals surface area contributed by atoms with Crippen LogP contribution in [0, 0.1) is 0 Å². The summed E-state index contributed by atoms with van der Waals surface area (Å²) in [6.45, 7) is 0. The molecule has 0 fully saturated rings. The Kier molecular flexibility index (Phi) is 4.70. The maximum atomic E-state index is 12.1. The molecule has 1 heterocycles. The highest BCUT2D eigenvalue weighted by Gasteiger charge is 2.11. The summed E-state index contributed by atoms with van der Waals surface area (Å²) in [5, 5.41) is 17.0. The van der Waals surface area contributed by atoms with Crippen molar-refractivity contribution in [3.63, 3.8) is 0 Å². The molecule has 0 amide bonds. The zero-order chi connectivity index (χ0) is 14.5. The molecule has 1 unspecified atom stereocenters. The molecule has 2 aromatic rings. The number of rotatable bonds is 6. The summed E-state index contributed by atoms with van der Waals surface area (Å²) < 4.78 is 1.26. The minimum Gasteiger partial charge on any atom is -0.480 e. The second-order valence-corrected chi connectivity index (χ2v) is 5.26. The van der Waals surface area contributed by atoms with Crippen molar-refractivity contribution < 1.29 is 9.90 Å². The number of hydrogen-bond acceptors (Lipinski definition) is 6. The van der Waals surface area contributed by atoms with E-state index in [0.29, 0.717) is 29.0 Å². The Balaban J connectivity index is 1.99. The van der Waals surface area contributed by atoms with E-state index in [4.69, 9.17) is 10.8 Å². The molecule has 7 nitrogen and oxygen atoms in total. The number of nitrogens with zero attached hydrogens (tertiary/aromatic N) is 3. The first kappa shape index (κ1) is 14.5. The quantitative estimate of drug-likeness (QED) is 0.736. The summed E-state index contributed by atoms with van der Waals surface area (Å²) in [4.78, 5) is 22.6. The van der Waals surface area contributed by atoms with Gasteiger partial charge < -0.3 is 10.8 Å². The van der Waals surface area contributed by atoms with Gasteiger partial charge in [0.05, 0.1) is 11.3 Å². The fourth-order valence-electron chi connectivity index (χ4n) is 1.59. The zero-order valence-electron chi connectivity index (χ0n) is 10.6. The van der Waals surface area contributed by atoms with Crippen LogP contribution in [0.1, 0.15) is 6.42 Å². The van der Waals surface area contributed by atoms with Gasteiger partial charge >= 0.3 is 5.97 Å². The van der Waals surface area contributed by atoms with Gasteiger partial charge in [-0.1, -0.05) is 17.3 Å². The summed E-state index contributed by atoms with van der Waals surface area (Å²) in [6, 6.07) is 6.13. The highest BCUT2D eigenvalue weighted by Crippen LogP contribution is 2.08. The molecule has 20 heavy (non-hydrogen) atoms. The molecule has 0 spiro atoms. The van der Waals surface area contributed by atoms with Crippen LogP contribution in [0.3, 0.4) is 0 Å². The highest BCUT2D eigenvalue weighted by molar-refractivity contribution is 7.98. The first-order valence-corrected chi connectivity index (χ1v) is 7.13. The summed E-state index contributed by atoms with van der Waals surface area (Å²) in [5.41, 5.74) is 5.75. The summed E-state index contributed by atoms with van der Waals surface area (Å²) in [7, 11) is 0. The van der Waals surface area contributed by atoms with Crippen molar-refractivity contribution >= 4 is 28.6 Å². The van der Waals surface area contributed by atoms with Gasteiger partial charge in [-0.2, -0.15) is 0 Å².